The van der Waals surface area contributed by atoms with Crippen molar-refractivity contribution in [3.8, 4) is 28.5 Å². The number of carbonyl (C=O) groups excluding carboxylic acids is 1. The summed E-state index contributed by atoms with van der Waals surface area (Å²) in [6.45, 7) is 3.21. The zero-order chi connectivity index (χ0) is 26.6. The molecule has 0 saturated heterocycles. The van der Waals surface area contributed by atoms with Crippen LogP contribution >= 0.6 is 0 Å². The zero-order valence-electron chi connectivity index (χ0n) is 21.6. The van der Waals surface area contributed by atoms with Gasteiger partial charge in [-0.2, -0.15) is 10.2 Å². The highest BCUT2D eigenvalue weighted by atomic mass is 16.7. The highest BCUT2D eigenvalue weighted by Crippen LogP contribution is 2.39. The van der Waals surface area contributed by atoms with Gasteiger partial charge in [0.15, 0.2) is 17.3 Å². The van der Waals surface area contributed by atoms with E-state index in [0.717, 1.165) is 22.3 Å². The number of nitrogens with zero attached hydrogens (tertiary/aromatic N) is 6. The van der Waals surface area contributed by atoms with Crippen molar-refractivity contribution in [1.82, 2.24) is 19.7 Å². The third-order valence-corrected chi connectivity index (χ3v) is 6.27. The molecule has 1 aromatic carbocycles. The average Bonchev–Trinajstić information content (AvgIpc) is 3.52. The Morgan fingerprint density at radius 3 is 2.55 bits per heavy atom. The van der Waals surface area contributed by atoms with Gasteiger partial charge >= 0.3 is 6.47 Å². The Morgan fingerprint density at radius 1 is 1.00 bits per heavy atom. The molecule has 11 nitrogen and oxygen atoms in total. The summed E-state index contributed by atoms with van der Waals surface area (Å²) in [6, 6.07) is 11.5. The Hall–Kier alpha value is -4.80. The molecule has 0 spiro atoms. The van der Waals surface area contributed by atoms with Gasteiger partial charge in [0.2, 0.25) is 5.88 Å². The molecule has 5 rings (SSSR count). The SMILES string of the molecule is COc1ccc(C(C)Oc2ccc(CN3CN(OC=O)c4cc(-c5cnn(C)c5)cnc43)cc2OC)cn1. The molecule has 1 atom stereocenters. The molecule has 38 heavy (non-hydrogen) atoms. The number of aromatic nitrogens is 4. The van der Waals surface area contributed by atoms with Crippen molar-refractivity contribution in [3.05, 3.63) is 72.3 Å². The van der Waals surface area contributed by atoms with Crippen LogP contribution in [0.5, 0.6) is 17.4 Å². The molecule has 0 N–H and O–H groups in total. The minimum atomic E-state index is -0.245. The molecule has 196 valence electrons. The van der Waals surface area contributed by atoms with Gasteiger partial charge in [-0.05, 0) is 36.8 Å². The Balaban J connectivity index is 1.35. The van der Waals surface area contributed by atoms with E-state index >= 15 is 0 Å². The molecule has 0 amide bonds. The van der Waals surface area contributed by atoms with E-state index in [2.05, 4.69) is 15.1 Å². The number of aryl methyl sites for hydroxylation is 1. The van der Waals surface area contributed by atoms with Crippen LogP contribution in [0.1, 0.15) is 24.2 Å². The van der Waals surface area contributed by atoms with Gasteiger partial charge in [0.1, 0.15) is 18.5 Å². The molecule has 1 unspecified atom stereocenters. The zero-order valence-corrected chi connectivity index (χ0v) is 21.6. The summed E-state index contributed by atoms with van der Waals surface area (Å²) < 4.78 is 18.7. The lowest BCUT2D eigenvalue weighted by molar-refractivity contribution is -0.129. The highest BCUT2D eigenvalue weighted by molar-refractivity contribution is 5.78. The summed E-state index contributed by atoms with van der Waals surface area (Å²) in [5.74, 6) is 2.48. The number of hydrogen-bond donors (Lipinski definition) is 0. The van der Waals surface area contributed by atoms with E-state index in [9.17, 15) is 4.79 Å². The summed E-state index contributed by atoms with van der Waals surface area (Å²) in [4.78, 5) is 27.4. The molecule has 0 fully saturated rings. The van der Waals surface area contributed by atoms with Gasteiger partial charge < -0.3 is 23.9 Å². The van der Waals surface area contributed by atoms with Gasteiger partial charge in [-0.25, -0.2) is 9.97 Å². The van der Waals surface area contributed by atoms with E-state index in [1.54, 1.807) is 43.6 Å². The number of benzene rings is 1. The number of rotatable bonds is 10. The third-order valence-electron chi connectivity index (χ3n) is 6.27. The van der Waals surface area contributed by atoms with Gasteiger partial charge in [-0.3, -0.25) is 9.48 Å². The lowest BCUT2D eigenvalue weighted by atomic mass is 10.1. The van der Waals surface area contributed by atoms with Gasteiger partial charge in [0.25, 0.3) is 0 Å². The second-order valence-electron chi connectivity index (χ2n) is 8.77. The predicted octanol–water partition coefficient (Wildman–Crippen LogP) is 3.91. The molecule has 0 radical (unpaired) electrons. The molecule has 1 aliphatic rings. The van der Waals surface area contributed by atoms with Gasteiger partial charge in [0.05, 0.1) is 20.4 Å². The van der Waals surface area contributed by atoms with Crippen LogP contribution in [0.2, 0.25) is 0 Å². The lowest BCUT2D eigenvalue weighted by Gasteiger charge is -2.21. The van der Waals surface area contributed by atoms with E-state index in [4.69, 9.17) is 19.0 Å². The number of anilines is 2. The van der Waals surface area contributed by atoms with Crippen LogP contribution in [0.4, 0.5) is 11.5 Å². The van der Waals surface area contributed by atoms with Crippen LogP contribution in [0.15, 0.2) is 61.2 Å². The Labute approximate surface area is 220 Å². The fraction of sp³-hybridized carbons (Fsp3) is 0.259. The second kappa shape index (κ2) is 10.7. The lowest BCUT2D eigenvalue weighted by Crippen LogP contribution is -2.30. The van der Waals surface area contributed by atoms with Crippen molar-refractivity contribution >= 4 is 18.0 Å². The van der Waals surface area contributed by atoms with Crippen LogP contribution in [-0.2, 0) is 23.2 Å². The standard InChI is InChI=1S/C27H28N6O5/c1-18(20-6-8-26(36-4)28-11-20)38-24-7-5-19(9-25(24)35-3)14-32-16-33(37-17-34)23-10-21(12-29-27(23)32)22-13-30-31(2)15-22/h5-13,15,17-18H,14,16H2,1-4H3. The van der Waals surface area contributed by atoms with Crippen LogP contribution in [0.3, 0.4) is 0 Å². The molecule has 11 heteroatoms. The van der Waals surface area contributed by atoms with Crippen molar-refractivity contribution in [1.29, 1.82) is 0 Å². The summed E-state index contributed by atoms with van der Waals surface area (Å²) in [7, 11) is 5.05. The van der Waals surface area contributed by atoms with Gasteiger partial charge in [-0.15, -0.1) is 0 Å². The minimum Gasteiger partial charge on any atom is -0.493 e. The molecule has 0 saturated carbocycles. The van der Waals surface area contributed by atoms with E-state index in [-0.39, 0.29) is 6.10 Å². The van der Waals surface area contributed by atoms with Crippen molar-refractivity contribution in [2.75, 3.05) is 30.9 Å². The largest absolute Gasteiger partial charge is 0.493 e. The summed E-state index contributed by atoms with van der Waals surface area (Å²) >= 11 is 0. The molecule has 0 aliphatic carbocycles. The number of fused-ring (bicyclic) bond motifs is 1. The van der Waals surface area contributed by atoms with Crippen molar-refractivity contribution in [2.24, 2.45) is 7.05 Å². The van der Waals surface area contributed by atoms with E-state index in [0.29, 0.717) is 48.6 Å². The first kappa shape index (κ1) is 24.9. The Kier molecular flexibility index (Phi) is 6.98. The fourth-order valence-electron chi connectivity index (χ4n) is 4.31. The fourth-order valence-corrected chi connectivity index (χ4v) is 4.31. The van der Waals surface area contributed by atoms with Crippen molar-refractivity contribution < 1.29 is 23.8 Å². The number of hydroxylamine groups is 1. The predicted molar refractivity (Wildman–Crippen MR) is 140 cm³/mol. The van der Waals surface area contributed by atoms with E-state index < -0.39 is 0 Å². The maximum atomic E-state index is 11.2. The van der Waals surface area contributed by atoms with Crippen LogP contribution in [0, 0.1) is 0 Å². The first-order valence-corrected chi connectivity index (χ1v) is 11.9. The van der Waals surface area contributed by atoms with Crippen LogP contribution in [0.25, 0.3) is 11.1 Å². The van der Waals surface area contributed by atoms with Gasteiger partial charge in [-0.1, -0.05) is 6.07 Å². The molecule has 3 aromatic heterocycles. The molecular weight excluding hydrogens is 488 g/mol. The van der Waals surface area contributed by atoms with Crippen molar-refractivity contribution in [3.63, 3.8) is 0 Å². The monoisotopic (exact) mass is 516 g/mol. The Morgan fingerprint density at radius 2 is 1.87 bits per heavy atom. The summed E-state index contributed by atoms with van der Waals surface area (Å²) in [5, 5.41) is 5.75. The topological polar surface area (TPSA) is 104 Å². The van der Waals surface area contributed by atoms with Crippen LogP contribution in [-0.4, -0.2) is 47.1 Å². The molecule has 1 aliphatic heterocycles. The summed E-state index contributed by atoms with van der Waals surface area (Å²) in [6.07, 6.45) is 6.95. The number of hydrogen-bond acceptors (Lipinski definition) is 10. The highest BCUT2D eigenvalue weighted by Gasteiger charge is 2.30. The quantitative estimate of drug-likeness (QED) is 0.288. The summed E-state index contributed by atoms with van der Waals surface area (Å²) in [5.41, 5.74) is 4.39. The number of carbonyl (C=O) groups is 1. The maximum absolute atomic E-state index is 11.2. The smallest absolute Gasteiger partial charge is 0.320 e. The molecular formula is C27H28N6O5. The first-order chi connectivity index (χ1) is 18.5. The van der Waals surface area contributed by atoms with E-state index in [1.165, 1.54) is 5.06 Å². The number of methoxy groups -OCH3 is 2. The maximum Gasteiger partial charge on any atom is 0.320 e. The number of ether oxygens (including phenoxy) is 3. The molecule has 4 heterocycles. The van der Waals surface area contributed by atoms with Gasteiger partial charge in [0, 0.05) is 54.9 Å². The first-order valence-electron chi connectivity index (χ1n) is 11.9. The Bertz CT molecular complexity index is 1420. The normalized spacial score (nSPS) is 13.2. The third kappa shape index (κ3) is 5.03. The molecule has 4 aromatic rings. The molecule has 0 bridgehead atoms. The minimum absolute atomic E-state index is 0.245. The van der Waals surface area contributed by atoms with E-state index in [1.807, 2.05) is 55.4 Å². The van der Waals surface area contributed by atoms with Crippen molar-refractivity contribution in [2.45, 2.75) is 19.6 Å². The average molecular weight is 517 g/mol. The number of pyridine rings is 2. The van der Waals surface area contributed by atoms with Crippen LogP contribution < -0.4 is 24.2 Å². The second-order valence-corrected chi connectivity index (χ2v) is 8.77.